The van der Waals surface area contributed by atoms with Gasteiger partial charge in [0, 0.05) is 6.07 Å². The Morgan fingerprint density at radius 1 is 1.38 bits per heavy atom. The Bertz CT molecular complexity index is 514. The number of nitrogens with zero attached hydrogens (tertiary/aromatic N) is 1. The average Bonchev–Trinajstić information content (AvgIpc) is 2.16. The summed E-state index contributed by atoms with van der Waals surface area (Å²) in [6.45, 7) is 0. The normalized spacial score (nSPS) is 11.1. The van der Waals surface area contributed by atoms with Crippen LogP contribution in [-0.4, -0.2) is 20.5 Å². The molecule has 0 unspecified atom stereocenters. The third-order valence-electron chi connectivity index (χ3n) is 1.47. The minimum Gasteiger partial charge on any atom is -0.361 e. The standard InChI is InChI=1S/C7H6FNO6S/c1-14-16(12,13)15-7-3-5(8)2-6(4-7)9(10)11/h2-4H,1H3. The largest absolute Gasteiger partial charge is 0.448 e. The van der Waals surface area contributed by atoms with E-state index in [-0.39, 0.29) is 0 Å². The van der Waals surface area contributed by atoms with Crippen molar-refractivity contribution in [1.29, 1.82) is 0 Å². The van der Waals surface area contributed by atoms with Gasteiger partial charge in [0.25, 0.3) is 5.69 Å². The molecule has 1 aromatic carbocycles. The molecule has 0 saturated carbocycles. The summed E-state index contributed by atoms with van der Waals surface area (Å²) in [6, 6.07) is 2.08. The molecule has 88 valence electrons. The molecule has 0 fully saturated rings. The SMILES string of the molecule is COS(=O)(=O)Oc1cc(F)cc([N+](=O)[O-])c1. The van der Waals surface area contributed by atoms with E-state index in [0.29, 0.717) is 12.1 Å². The van der Waals surface area contributed by atoms with E-state index < -0.39 is 32.6 Å². The van der Waals surface area contributed by atoms with Gasteiger partial charge in [-0.1, -0.05) is 0 Å². The van der Waals surface area contributed by atoms with Crippen LogP contribution in [0.15, 0.2) is 18.2 Å². The third kappa shape index (κ3) is 3.14. The van der Waals surface area contributed by atoms with Gasteiger partial charge in [-0.15, -0.1) is 0 Å². The van der Waals surface area contributed by atoms with Gasteiger partial charge in [0.05, 0.1) is 24.2 Å². The van der Waals surface area contributed by atoms with E-state index in [1.165, 1.54) is 0 Å². The molecule has 0 aliphatic rings. The minimum atomic E-state index is -4.32. The molecule has 9 heteroatoms. The van der Waals surface area contributed by atoms with Crippen LogP contribution < -0.4 is 4.18 Å². The molecule has 0 radical (unpaired) electrons. The quantitative estimate of drug-likeness (QED) is 0.585. The molecule has 7 nitrogen and oxygen atoms in total. The first-order valence-electron chi connectivity index (χ1n) is 3.79. The fraction of sp³-hybridized carbons (Fsp3) is 0.143. The first-order valence-corrected chi connectivity index (χ1v) is 5.12. The second-order valence-corrected chi connectivity index (χ2v) is 3.88. The Morgan fingerprint density at radius 2 is 2.00 bits per heavy atom. The second kappa shape index (κ2) is 4.41. The maximum absolute atomic E-state index is 12.8. The van der Waals surface area contributed by atoms with Crippen LogP contribution in [0.5, 0.6) is 5.75 Å². The summed E-state index contributed by atoms with van der Waals surface area (Å²) in [6.07, 6.45) is 0. The van der Waals surface area contributed by atoms with Crippen molar-refractivity contribution in [2.45, 2.75) is 0 Å². The van der Waals surface area contributed by atoms with Crippen LogP contribution in [0.1, 0.15) is 0 Å². The number of hydrogen-bond acceptors (Lipinski definition) is 6. The summed E-state index contributed by atoms with van der Waals surface area (Å²) < 4.78 is 42.7. The van der Waals surface area contributed by atoms with Gasteiger partial charge in [-0.2, -0.15) is 8.42 Å². The highest BCUT2D eigenvalue weighted by molar-refractivity contribution is 7.82. The fourth-order valence-electron chi connectivity index (χ4n) is 0.853. The highest BCUT2D eigenvalue weighted by atomic mass is 32.3. The van der Waals surface area contributed by atoms with Crippen LogP contribution in [0.3, 0.4) is 0 Å². The zero-order valence-electron chi connectivity index (χ0n) is 7.91. The topological polar surface area (TPSA) is 95.7 Å². The van der Waals surface area contributed by atoms with E-state index in [4.69, 9.17) is 0 Å². The van der Waals surface area contributed by atoms with Crippen molar-refractivity contribution in [2.75, 3.05) is 7.11 Å². The van der Waals surface area contributed by atoms with Crippen molar-refractivity contribution in [3.8, 4) is 5.75 Å². The average molecular weight is 251 g/mol. The van der Waals surface area contributed by atoms with Crippen LogP contribution in [0.4, 0.5) is 10.1 Å². The van der Waals surface area contributed by atoms with Crippen LogP contribution in [0.25, 0.3) is 0 Å². The molecule has 0 N–H and O–H groups in total. The van der Waals surface area contributed by atoms with Gasteiger partial charge >= 0.3 is 10.4 Å². The van der Waals surface area contributed by atoms with Crippen molar-refractivity contribution >= 4 is 16.1 Å². The molecule has 0 spiro atoms. The number of benzene rings is 1. The lowest BCUT2D eigenvalue weighted by Crippen LogP contribution is -2.10. The molecular weight excluding hydrogens is 245 g/mol. The minimum absolute atomic E-state index is 0.534. The van der Waals surface area contributed by atoms with Crippen LogP contribution in [0.2, 0.25) is 0 Å². The predicted molar refractivity (Wildman–Crippen MR) is 49.6 cm³/mol. The number of nitro benzene ring substituents is 1. The first kappa shape index (κ1) is 12.3. The zero-order valence-corrected chi connectivity index (χ0v) is 8.73. The van der Waals surface area contributed by atoms with E-state index >= 15 is 0 Å². The van der Waals surface area contributed by atoms with Gasteiger partial charge in [0.1, 0.15) is 5.82 Å². The van der Waals surface area contributed by atoms with Gasteiger partial charge in [-0.3, -0.25) is 10.1 Å². The number of rotatable bonds is 4. The highest BCUT2D eigenvalue weighted by Crippen LogP contribution is 2.23. The van der Waals surface area contributed by atoms with Gasteiger partial charge in [-0.25, -0.2) is 8.57 Å². The van der Waals surface area contributed by atoms with Gasteiger partial charge < -0.3 is 4.18 Å². The van der Waals surface area contributed by atoms with Crippen molar-refractivity contribution in [3.63, 3.8) is 0 Å². The predicted octanol–water partition coefficient (Wildman–Crippen LogP) is 1.00. The lowest BCUT2D eigenvalue weighted by molar-refractivity contribution is -0.385. The van der Waals surface area contributed by atoms with Crippen molar-refractivity contribution < 1.29 is 26.1 Å². The smallest absolute Gasteiger partial charge is 0.361 e. The van der Waals surface area contributed by atoms with Crippen LogP contribution >= 0.6 is 0 Å². The molecule has 0 bridgehead atoms. The summed E-state index contributed by atoms with van der Waals surface area (Å²) in [4.78, 5) is 9.46. The second-order valence-electron chi connectivity index (χ2n) is 2.56. The zero-order chi connectivity index (χ0) is 12.3. The van der Waals surface area contributed by atoms with E-state index in [0.717, 1.165) is 13.2 Å². The molecular formula is C7H6FNO6S. The van der Waals surface area contributed by atoms with Crippen molar-refractivity contribution in [2.24, 2.45) is 0 Å². The molecule has 0 heterocycles. The van der Waals surface area contributed by atoms with E-state index in [1.54, 1.807) is 0 Å². The Labute approximate surface area is 89.9 Å². The fourth-order valence-corrected chi connectivity index (χ4v) is 1.25. The summed E-state index contributed by atoms with van der Waals surface area (Å²) in [5.74, 6) is -1.52. The van der Waals surface area contributed by atoms with Gasteiger partial charge in [0.2, 0.25) is 0 Å². The number of nitro groups is 1. The summed E-state index contributed by atoms with van der Waals surface area (Å²) in [5.41, 5.74) is -0.624. The van der Waals surface area contributed by atoms with E-state index in [2.05, 4.69) is 8.37 Å². The molecule has 16 heavy (non-hydrogen) atoms. The van der Waals surface area contributed by atoms with Crippen molar-refractivity contribution in [1.82, 2.24) is 0 Å². The molecule has 1 rings (SSSR count). The van der Waals surface area contributed by atoms with E-state index in [1.807, 2.05) is 0 Å². The summed E-state index contributed by atoms with van der Waals surface area (Å²) in [5, 5.41) is 10.3. The monoisotopic (exact) mass is 251 g/mol. The highest BCUT2D eigenvalue weighted by Gasteiger charge is 2.16. The Morgan fingerprint density at radius 3 is 2.50 bits per heavy atom. The van der Waals surface area contributed by atoms with E-state index in [9.17, 15) is 22.9 Å². The van der Waals surface area contributed by atoms with Crippen molar-refractivity contribution in [3.05, 3.63) is 34.1 Å². The lowest BCUT2D eigenvalue weighted by atomic mass is 10.3. The molecule has 1 aromatic rings. The Kier molecular flexibility index (Phi) is 3.40. The number of hydrogen-bond donors (Lipinski definition) is 0. The number of non-ortho nitro benzene ring substituents is 1. The number of halogens is 1. The maximum atomic E-state index is 12.8. The molecule has 0 atom stereocenters. The summed E-state index contributed by atoms with van der Waals surface area (Å²) in [7, 11) is -3.48. The molecule has 0 aromatic heterocycles. The van der Waals surface area contributed by atoms with Gasteiger partial charge in [-0.05, 0) is 0 Å². The lowest BCUT2D eigenvalue weighted by Gasteiger charge is -2.03. The molecule has 0 amide bonds. The summed E-state index contributed by atoms with van der Waals surface area (Å²) >= 11 is 0. The van der Waals surface area contributed by atoms with Crippen LogP contribution in [-0.2, 0) is 14.6 Å². The first-order chi connectivity index (χ1) is 7.34. The van der Waals surface area contributed by atoms with Crippen LogP contribution in [0, 0.1) is 15.9 Å². The molecule has 0 aliphatic heterocycles. The van der Waals surface area contributed by atoms with Gasteiger partial charge in [0.15, 0.2) is 5.75 Å². The maximum Gasteiger partial charge on any atom is 0.448 e. The Balaban J connectivity index is 3.11. The molecule has 0 aliphatic carbocycles. The Hall–Kier alpha value is -1.74. The third-order valence-corrected chi connectivity index (χ3v) is 2.27. The molecule has 0 saturated heterocycles.